The highest BCUT2D eigenvalue weighted by Gasteiger charge is 2.18. The van der Waals surface area contributed by atoms with E-state index in [2.05, 4.69) is 9.97 Å². The zero-order chi connectivity index (χ0) is 31.6. The van der Waals surface area contributed by atoms with E-state index < -0.39 is 50.1 Å². The number of benzene rings is 1. The monoisotopic (exact) mass is 599 g/mol. The van der Waals surface area contributed by atoms with E-state index in [1.165, 1.54) is 9.80 Å². The Morgan fingerprint density at radius 1 is 0.477 bits per heavy atom. The molecular weight excluding hydrogens is 570 g/mol. The molecule has 1 aromatic carbocycles. The molecule has 4 N–H and O–H groups in total. The van der Waals surface area contributed by atoms with Crippen LogP contribution in [0.25, 0.3) is 33.9 Å². The van der Waals surface area contributed by atoms with Gasteiger partial charge >= 0.3 is 23.9 Å². The Morgan fingerprint density at radius 3 is 1.27 bits per heavy atom. The van der Waals surface area contributed by atoms with E-state index in [0.717, 1.165) is 11.1 Å². The molecule has 0 fully saturated rings. The van der Waals surface area contributed by atoms with Gasteiger partial charge in [-0.1, -0.05) is 42.5 Å². The number of carbonyl (C=O) groups is 4. The van der Waals surface area contributed by atoms with E-state index >= 15 is 0 Å². The molecule has 13 heteroatoms. The highest BCUT2D eigenvalue weighted by atomic mass is 16.4. The number of hydrogen-bond acceptors (Lipinski definition) is 9. The Balaban J connectivity index is 1.73. The van der Waals surface area contributed by atoms with Crippen molar-refractivity contribution in [2.45, 2.75) is 13.1 Å². The molecule has 0 radical (unpaired) electrons. The number of nitrogens with zero attached hydrogens (tertiary/aromatic N) is 5. The summed E-state index contributed by atoms with van der Waals surface area (Å²) in [7, 11) is 0. The molecule has 0 bridgehead atoms. The Labute approximate surface area is 251 Å². The van der Waals surface area contributed by atoms with E-state index in [0.29, 0.717) is 34.2 Å². The molecule has 44 heavy (non-hydrogen) atoms. The number of rotatable bonds is 15. The largest absolute Gasteiger partial charge is 0.480 e. The zero-order valence-corrected chi connectivity index (χ0v) is 23.4. The molecule has 0 aliphatic heterocycles. The lowest BCUT2D eigenvalue weighted by Crippen LogP contribution is -2.34. The second-order valence-corrected chi connectivity index (χ2v) is 9.89. The maximum Gasteiger partial charge on any atom is 0.317 e. The third kappa shape index (κ3) is 9.24. The SMILES string of the molecule is O=C(O)CN(CC(=O)O)Cc1cccc(-c2cc(-c3ccccc3)cc(-c3cccc(CN(CC(=O)O)CC(=O)O)n3)n2)n1. The first-order chi connectivity index (χ1) is 21.0. The number of aliphatic carboxylic acids is 4. The van der Waals surface area contributed by atoms with Crippen molar-refractivity contribution in [3.63, 3.8) is 0 Å². The van der Waals surface area contributed by atoms with Crippen molar-refractivity contribution in [2.75, 3.05) is 26.2 Å². The van der Waals surface area contributed by atoms with Gasteiger partial charge in [0.1, 0.15) is 0 Å². The van der Waals surface area contributed by atoms with Crippen LogP contribution < -0.4 is 0 Å². The first-order valence-electron chi connectivity index (χ1n) is 13.4. The number of pyridine rings is 3. The van der Waals surface area contributed by atoms with Gasteiger partial charge in [0.05, 0.1) is 60.3 Å². The number of carboxylic acid groups (broad SMARTS) is 4. The summed E-state index contributed by atoms with van der Waals surface area (Å²) in [5, 5.41) is 36.8. The van der Waals surface area contributed by atoms with Crippen LogP contribution in [-0.2, 0) is 32.3 Å². The van der Waals surface area contributed by atoms with Crippen molar-refractivity contribution in [3.05, 3.63) is 90.3 Å². The Bertz CT molecular complexity index is 1530. The van der Waals surface area contributed by atoms with E-state index in [1.54, 1.807) is 36.4 Å². The van der Waals surface area contributed by atoms with Crippen LogP contribution in [-0.4, -0.2) is 95.2 Å². The average molecular weight is 600 g/mol. The maximum absolute atomic E-state index is 11.3. The summed E-state index contributed by atoms with van der Waals surface area (Å²) < 4.78 is 0. The van der Waals surface area contributed by atoms with Crippen LogP contribution in [0.2, 0.25) is 0 Å². The third-order valence-electron chi connectivity index (χ3n) is 6.28. The molecule has 0 spiro atoms. The van der Waals surface area contributed by atoms with Crippen LogP contribution in [0.5, 0.6) is 0 Å². The van der Waals surface area contributed by atoms with Crippen LogP contribution in [0.4, 0.5) is 0 Å². The molecule has 0 aliphatic rings. The molecule has 0 atom stereocenters. The van der Waals surface area contributed by atoms with Crippen LogP contribution in [0.15, 0.2) is 78.9 Å². The average Bonchev–Trinajstić information content (AvgIpc) is 2.96. The number of hydrogen-bond donors (Lipinski definition) is 4. The van der Waals surface area contributed by atoms with Gasteiger partial charge in [0.25, 0.3) is 0 Å². The van der Waals surface area contributed by atoms with Gasteiger partial charge in [-0.2, -0.15) is 0 Å². The van der Waals surface area contributed by atoms with E-state index in [-0.39, 0.29) is 13.1 Å². The van der Waals surface area contributed by atoms with Crippen LogP contribution in [0, 0.1) is 0 Å². The van der Waals surface area contributed by atoms with Crippen LogP contribution in [0.1, 0.15) is 11.4 Å². The minimum atomic E-state index is -1.16. The Morgan fingerprint density at radius 2 is 0.886 bits per heavy atom. The molecule has 0 aliphatic carbocycles. The minimum Gasteiger partial charge on any atom is -0.480 e. The first-order valence-corrected chi connectivity index (χ1v) is 13.4. The number of aromatic nitrogens is 3. The van der Waals surface area contributed by atoms with Crippen molar-refractivity contribution >= 4 is 23.9 Å². The normalized spacial score (nSPS) is 11.0. The lowest BCUT2D eigenvalue weighted by molar-refractivity contribution is -0.144. The van der Waals surface area contributed by atoms with Crippen molar-refractivity contribution < 1.29 is 39.6 Å². The molecule has 4 aromatic rings. The van der Waals surface area contributed by atoms with Gasteiger partial charge in [0, 0.05) is 13.1 Å². The summed E-state index contributed by atoms with van der Waals surface area (Å²) >= 11 is 0. The molecule has 226 valence electrons. The Kier molecular flexibility index (Phi) is 10.4. The van der Waals surface area contributed by atoms with Crippen LogP contribution in [0.3, 0.4) is 0 Å². The maximum atomic E-state index is 11.3. The summed E-state index contributed by atoms with van der Waals surface area (Å²) in [6.45, 7) is -1.90. The molecule has 0 unspecified atom stereocenters. The molecular formula is C31H29N5O8. The van der Waals surface area contributed by atoms with Gasteiger partial charge in [-0.3, -0.25) is 29.0 Å². The summed E-state index contributed by atoms with van der Waals surface area (Å²) in [6, 6.07) is 23.5. The standard InChI is InChI=1S/C31H29N5O8/c37-28(38)16-35(17-29(39)40)14-22-8-4-10-24(32-22)26-12-21(20-6-2-1-3-7-20)13-27(34-26)25-11-5-9-23(33-25)15-36(18-30(41)42)19-31(43)44/h1-13H,14-19H2,(H,37,38)(H,39,40)(H,41,42)(H,43,44). The molecule has 0 amide bonds. The quantitative estimate of drug-likeness (QED) is 0.156. The van der Waals surface area contributed by atoms with Crippen molar-refractivity contribution in [2.24, 2.45) is 0 Å². The van der Waals surface area contributed by atoms with E-state index in [4.69, 9.17) is 4.98 Å². The molecule has 13 nitrogen and oxygen atoms in total. The summed E-state index contributed by atoms with van der Waals surface area (Å²) in [4.78, 5) is 61.7. The highest BCUT2D eigenvalue weighted by molar-refractivity contribution is 5.75. The lowest BCUT2D eigenvalue weighted by atomic mass is 10.0. The summed E-state index contributed by atoms with van der Waals surface area (Å²) in [5.41, 5.74) is 4.52. The van der Waals surface area contributed by atoms with E-state index in [1.807, 2.05) is 42.5 Å². The molecule has 3 heterocycles. The van der Waals surface area contributed by atoms with Crippen molar-refractivity contribution in [1.29, 1.82) is 0 Å². The molecule has 3 aromatic heterocycles. The van der Waals surface area contributed by atoms with Gasteiger partial charge < -0.3 is 20.4 Å². The van der Waals surface area contributed by atoms with Gasteiger partial charge in [0.2, 0.25) is 0 Å². The molecule has 4 rings (SSSR count). The lowest BCUT2D eigenvalue weighted by Gasteiger charge is -2.18. The molecule has 0 saturated heterocycles. The second kappa shape index (κ2) is 14.6. The van der Waals surface area contributed by atoms with Crippen molar-refractivity contribution in [3.8, 4) is 33.9 Å². The van der Waals surface area contributed by atoms with Crippen molar-refractivity contribution in [1.82, 2.24) is 24.8 Å². The van der Waals surface area contributed by atoms with Gasteiger partial charge in [-0.05, 0) is 47.5 Å². The third-order valence-corrected chi connectivity index (χ3v) is 6.28. The number of carboxylic acids is 4. The first kappa shape index (κ1) is 31.4. The highest BCUT2D eigenvalue weighted by Crippen LogP contribution is 2.29. The zero-order valence-electron chi connectivity index (χ0n) is 23.4. The fourth-order valence-corrected chi connectivity index (χ4v) is 4.57. The fourth-order valence-electron chi connectivity index (χ4n) is 4.57. The second-order valence-electron chi connectivity index (χ2n) is 9.89. The molecule has 0 saturated carbocycles. The Hall–Kier alpha value is -5.53. The predicted octanol–water partition coefficient (Wildman–Crippen LogP) is 2.81. The summed E-state index contributed by atoms with van der Waals surface area (Å²) in [5.74, 6) is -4.64. The van der Waals surface area contributed by atoms with E-state index in [9.17, 15) is 39.6 Å². The summed E-state index contributed by atoms with van der Waals surface area (Å²) in [6.07, 6.45) is 0. The van der Waals surface area contributed by atoms with Gasteiger partial charge in [-0.15, -0.1) is 0 Å². The minimum absolute atomic E-state index is 0.00946. The predicted molar refractivity (Wildman–Crippen MR) is 157 cm³/mol. The van der Waals surface area contributed by atoms with Gasteiger partial charge in [0.15, 0.2) is 0 Å². The van der Waals surface area contributed by atoms with Gasteiger partial charge in [-0.25, -0.2) is 15.0 Å². The topological polar surface area (TPSA) is 194 Å². The fraction of sp³-hybridized carbons (Fsp3) is 0.194. The van der Waals surface area contributed by atoms with Crippen LogP contribution >= 0.6 is 0 Å². The smallest absolute Gasteiger partial charge is 0.317 e.